The summed E-state index contributed by atoms with van der Waals surface area (Å²) in [6, 6.07) is 16.3. The molecule has 1 heterocycles. The number of aryl methyl sites for hydroxylation is 1. The van der Waals surface area contributed by atoms with E-state index in [0.29, 0.717) is 18.4 Å². The van der Waals surface area contributed by atoms with E-state index in [2.05, 4.69) is 26.6 Å². The van der Waals surface area contributed by atoms with E-state index < -0.39 is 60.1 Å². The van der Waals surface area contributed by atoms with Gasteiger partial charge in [0.1, 0.15) is 42.0 Å². The maximum Gasteiger partial charge on any atom is 0.255 e. The van der Waals surface area contributed by atoms with Crippen molar-refractivity contribution in [2.75, 3.05) is 20.3 Å². The van der Waals surface area contributed by atoms with E-state index in [0.717, 1.165) is 11.3 Å². The number of benzene rings is 3. The minimum Gasteiger partial charge on any atom is -0.508 e. The molecule has 5 amide bonds. The van der Waals surface area contributed by atoms with E-state index in [1.165, 1.54) is 18.2 Å². The molecule has 1 aliphatic heterocycles. The molecule has 0 aliphatic carbocycles. The average molecular weight is 702 g/mol. The highest BCUT2D eigenvalue weighted by Crippen LogP contribution is 2.19. The molecular weight excluding hydrogens is 654 g/mol. The molecule has 0 bridgehead atoms. The Kier molecular flexibility index (Phi) is 13.8. The number of ether oxygens (including phenoxy) is 2. The van der Waals surface area contributed by atoms with Crippen LogP contribution in [0.5, 0.6) is 17.2 Å². The van der Waals surface area contributed by atoms with Crippen molar-refractivity contribution in [1.82, 2.24) is 26.6 Å². The molecule has 4 rings (SSSR count). The van der Waals surface area contributed by atoms with Crippen molar-refractivity contribution in [3.63, 3.8) is 0 Å². The van der Waals surface area contributed by atoms with Gasteiger partial charge in [0.2, 0.25) is 23.6 Å². The lowest BCUT2D eigenvalue weighted by molar-refractivity contribution is -0.133. The van der Waals surface area contributed by atoms with Gasteiger partial charge >= 0.3 is 0 Å². The lowest BCUT2D eigenvalue weighted by Gasteiger charge is -2.27. The lowest BCUT2D eigenvalue weighted by Crippen LogP contribution is -2.57. The molecule has 51 heavy (non-hydrogen) atoms. The number of carbonyl (C=O) groups excluding carboxylic acids is 5. The topological polar surface area (TPSA) is 184 Å². The number of fused-ring (bicyclic) bond motifs is 1. The molecule has 3 aromatic rings. The van der Waals surface area contributed by atoms with Gasteiger partial charge in [0.05, 0.1) is 25.1 Å². The number of para-hydroxylation sites is 1. The van der Waals surface area contributed by atoms with Crippen LogP contribution in [-0.4, -0.2) is 79.1 Å². The fourth-order valence-corrected chi connectivity index (χ4v) is 5.57. The maximum absolute atomic E-state index is 13.7. The minimum absolute atomic E-state index is 0.00944. The number of hydrogen-bond donors (Lipinski definition) is 6. The van der Waals surface area contributed by atoms with E-state index >= 15 is 0 Å². The fraction of sp³-hybridized carbons (Fsp3) is 0.395. The summed E-state index contributed by atoms with van der Waals surface area (Å²) in [5.74, 6) is -2.29. The monoisotopic (exact) mass is 701 g/mol. The number of aromatic hydroxyl groups is 1. The largest absolute Gasteiger partial charge is 0.508 e. The first-order chi connectivity index (χ1) is 24.4. The van der Waals surface area contributed by atoms with E-state index in [1.54, 1.807) is 58.2 Å². The van der Waals surface area contributed by atoms with Crippen LogP contribution in [0.3, 0.4) is 0 Å². The van der Waals surface area contributed by atoms with Crippen LogP contribution in [0.2, 0.25) is 0 Å². The number of phenols is 1. The Labute approximate surface area is 297 Å². The smallest absolute Gasteiger partial charge is 0.255 e. The summed E-state index contributed by atoms with van der Waals surface area (Å²) >= 11 is 0. The zero-order chi connectivity index (χ0) is 36.9. The van der Waals surface area contributed by atoms with Gasteiger partial charge < -0.3 is 41.2 Å². The molecule has 3 aromatic carbocycles. The average Bonchev–Trinajstić information content (AvgIpc) is 3.11. The van der Waals surface area contributed by atoms with Crippen LogP contribution >= 0.6 is 0 Å². The van der Waals surface area contributed by atoms with Crippen LogP contribution in [0.1, 0.15) is 55.1 Å². The fourth-order valence-electron chi connectivity index (χ4n) is 5.57. The Morgan fingerprint density at radius 3 is 2.39 bits per heavy atom. The van der Waals surface area contributed by atoms with Crippen molar-refractivity contribution in [2.45, 2.75) is 70.6 Å². The van der Waals surface area contributed by atoms with Crippen LogP contribution in [-0.2, 0) is 32.0 Å². The van der Waals surface area contributed by atoms with Crippen molar-refractivity contribution < 1.29 is 38.6 Å². The second kappa shape index (κ2) is 18.4. The number of hydrogen-bond acceptors (Lipinski definition) is 8. The molecule has 0 spiro atoms. The van der Waals surface area contributed by atoms with E-state index in [4.69, 9.17) is 9.47 Å². The third-order valence-corrected chi connectivity index (χ3v) is 8.37. The summed E-state index contributed by atoms with van der Waals surface area (Å²) in [5, 5.41) is 23.6. The van der Waals surface area contributed by atoms with Crippen molar-refractivity contribution in [2.24, 2.45) is 5.92 Å². The third-order valence-electron chi connectivity index (χ3n) is 8.37. The van der Waals surface area contributed by atoms with E-state index in [1.807, 2.05) is 24.3 Å². The van der Waals surface area contributed by atoms with Crippen LogP contribution in [0.15, 0.2) is 72.8 Å². The zero-order valence-electron chi connectivity index (χ0n) is 29.4. The van der Waals surface area contributed by atoms with Gasteiger partial charge in [-0.2, -0.15) is 0 Å². The van der Waals surface area contributed by atoms with Crippen molar-refractivity contribution >= 4 is 29.5 Å². The summed E-state index contributed by atoms with van der Waals surface area (Å²) < 4.78 is 11.2. The molecule has 6 N–H and O–H groups in total. The van der Waals surface area contributed by atoms with Gasteiger partial charge in [-0.3, -0.25) is 24.0 Å². The Morgan fingerprint density at radius 2 is 1.67 bits per heavy atom. The van der Waals surface area contributed by atoms with Gasteiger partial charge in [-0.25, -0.2) is 0 Å². The normalized spacial score (nSPS) is 20.4. The number of methoxy groups -OCH3 is 1. The van der Waals surface area contributed by atoms with Crippen LogP contribution in [0.4, 0.5) is 0 Å². The predicted molar refractivity (Wildman–Crippen MR) is 190 cm³/mol. The molecule has 4 atom stereocenters. The van der Waals surface area contributed by atoms with Crippen LogP contribution < -0.4 is 36.1 Å². The summed E-state index contributed by atoms with van der Waals surface area (Å²) in [5.41, 5.74) is 1.79. The Balaban J connectivity index is 1.60. The van der Waals surface area contributed by atoms with Gasteiger partial charge in [0.15, 0.2) is 0 Å². The molecular formula is C38H47N5O8. The van der Waals surface area contributed by atoms with Crippen molar-refractivity contribution in [1.29, 1.82) is 0 Å². The molecule has 1 aliphatic rings. The quantitative estimate of drug-likeness (QED) is 0.184. The van der Waals surface area contributed by atoms with Gasteiger partial charge in [-0.1, -0.05) is 50.2 Å². The number of rotatable bonds is 9. The predicted octanol–water partition coefficient (Wildman–Crippen LogP) is 2.40. The van der Waals surface area contributed by atoms with Gasteiger partial charge in [-0.15, -0.1) is 0 Å². The highest BCUT2D eigenvalue weighted by atomic mass is 16.5. The van der Waals surface area contributed by atoms with Crippen LogP contribution in [0, 0.1) is 5.92 Å². The molecule has 13 nitrogen and oxygen atoms in total. The van der Waals surface area contributed by atoms with Gasteiger partial charge in [0.25, 0.3) is 5.91 Å². The highest BCUT2D eigenvalue weighted by Gasteiger charge is 2.32. The molecule has 0 fully saturated rings. The molecule has 0 radical (unpaired) electrons. The number of phenolic OH excluding ortho intramolecular Hbond substituents is 1. The van der Waals surface area contributed by atoms with Crippen LogP contribution in [0.25, 0.3) is 0 Å². The SMILES string of the molecule is COc1cccc(CCCNC(=O)[C@@H]2CC(=O)N[C@@H](Cc3ccc(O)cc3)C(=O)N[C@H](C(C)C)C(=O)N[C@@H](C)COc3ccccc3C(=O)N2)c1. The standard InChI is InChI=1S/C38H47N5O8/c1-23(2)34-38(49)40-24(3)22-51-32-13-6-5-12-29(32)35(46)42-31(36(47)39-18-8-10-25-9-7-11-28(19-25)50-4)21-33(45)41-30(37(48)43-34)20-26-14-16-27(44)17-15-26/h5-7,9,11-17,19,23-24,30-31,34,44H,8,10,18,20-22H2,1-4H3,(H,39,47)(H,40,49)(H,41,45)(H,42,46)(H,43,48)/t24-,30-,31-,34+/m0/s1. The summed E-state index contributed by atoms with van der Waals surface area (Å²) in [6.07, 6.45) is 0.774. The van der Waals surface area contributed by atoms with E-state index in [9.17, 15) is 29.1 Å². The molecule has 0 aromatic heterocycles. The Morgan fingerprint density at radius 1 is 0.922 bits per heavy atom. The summed E-state index contributed by atoms with van der Waals surface area (Å²) in [4.78, 5) is 67.9. The first-order valence-corrected chi connectivity index (χ1v) is 17.0. The summed E-state index contributed by atoms with van der Waals surface area (Å²) in [6.45, 7) is 5.58. The second-order valence-electron chi connectivity index (χ2n) is 12.9. The molecule has 13 heteroatoms. The van der Waals surface area contributed by atoms with Gasteiger partial charge in [0, 0.05) is 13.0 Å². The maximum atomic E-state index is 13.7. The summed E-state index contributed by atoms with van der Waals surface area (Å²) in [7, 11) is 1.59. The molecule has 272 valence electrons. The third kappa shape index (κ3) is 11.5. The Hall–Kier alpha value is -5.59. The van der Waals surface area contributed by atoms with E-state index in [-0.39, 0.29) is 42.6 Å². The Bertz CT molecular complexity index is 1680. The molecule has 0 saturated heterocycles. The van der Waals surface area contributed by atoms with Gasteiger partial charge in [-0.05, 0) is 73.2 Å². The van der Waals surface area contributed by atoms with Crippen molar-refractivity contribution in [3.8, 4) is 17.2 Å². The number of amides is 5. The second-order valence-corrected chi connectivity index (χ2v) is 12.9. The zero-order valence-corrected chi connectivity index (χ0v) is 29.4. The first kappa shape index (κ1) is 38.2. The molecule has 0 unspecified atom stereocenters. The molecule has 0 saturated carbocycles. The van der Waals surface area contributed by atoms with Crippen molar-refractivity contribution in [3.05, 3.63) is 89.5 Å². The number of nitrogens with one attached hydrogen (secondary N) is 5. The first-order valence-electron chi connectivity index (χ1n) is 17.0. The highest BCUT2D eigenvalue weighted by molar-refractivity contribution is 6.01. The number of carbonyl (C=O) groups is 5. The minimum atomic E-state index is -1.30. The lowest BCUT2D eigenvalue weighted by atomic mass is 10.0.